The second-order valence-corrected chi connectivity index (χ2v) is 4.55. The quantitative estimate of drug-likeness (QED) is 0.841. The third-order valence-electron chi connectivity index (χ3n) is 2.55. The summed E-state index contributed by atoms with van der Waals surface area (Å²) in [4.78, 5) is 22.5. The van der Waals surface area contributed by atoms with Gasteiger partial charge in [-0.05, 0) is 31.5 Å². The molecule has 2 N–H and O–H groups in total. The van der Waals surface area contributed by atoms with Gasteiger partial charge < -0.3 is 15.2 Å². The fraction of sp³-hybridized carbons (Fsp3) is 0.385. The van der Waals surface area contributed by atoms with E-state index in [2.05, 4.69) is 5.32 Å². The summed E-state index contributed by atoms with van der Waals surface area (Å²) in [5, 5.41) is 12.0. The average molecular weight is 286 g/mol. The lowest BCUT2D eigenvalue weighted by atomic mass is 10.2. The summed E-state index contributed by atoms with van der Waals surface area (Å²) in [6.07, 6.45) is 0.809. The molecule has 5 nitrogen and oxygen atoms in total. The number of amides is 1. The smallest absolute Gasteiger partial charge is 0.339 e. The van der Waals surface area contributed by atoms with Crippen LogP contribution < -0.4 is 10.1 Å². The van der Waals surface area contributed by atoms with E-state index in [0.717, 1.165) is 6.42 Å². The summed E-state index contributed by atoms with van der Waals surface area (Å²) in [6, 6.07) is 4.22. The first-order valence-electron chi connectivity index (χ1n) is 5.89. The van der Waals surface area contributed by atoms with Gasteiger partial charge in [0, 0.05) is 11.1 Å². The molecule has 1 amide bonds. The van der Waals surface area contributed by atoms with Crippen molar-refractivity contribution in [2.24, 2.45) is 0 Å². The van der Waals surface area contributed by atoms with Crippen molar-refractivity contribution in [3.8, 4) is 5.75 Å². The molecule has 1 atom stereocenters. The lowest BCUT2D eigenvalue weighted by Gasteiger charge is -2.13. The molecule has 1 aromatic rings. The number of hydrogen-bond donors (Lipinski definition) is 2. The number of nitrogens with one attached hydrogen (secondary N) is 1. The number of carbonyl (C=O) groups is 2. The molecular weight excluding hydrogens is 270 g/mol. The molecule has 0 radical (unpaired) electrons. The van der Waals surface area contributed by atoms with E-state index in [-0.39, 0.29) is 29.9 Å². The van der Waals surface area contributed by atoms with E-state index in [1.165, 1.54) is 18.2 Å². The van der Waals surface area contributed by atoms with Gasteiger partial charge >= 0.3 is 5.97 Å². The Morgan fingerprint density at radius 1 is 1.47 bits per heavy atom. The van der Waals surface area contributed by atoms with Crippen LogP contribution in [0.3, 0.4) is 0 Å². The monoisotopic (exact) mass is 285 g/mol. The van der Waals surface area contributed by atoms with E-state index >= 15 is 0 Å². The first-order valence-corrected chi connectivity index (χ1v) is 6.26. The Morgan fingerprint density at radius 2 is 2.16 bits per heavy atom. The van der Waals surface area contributed by atoms with Crippen LogP contribution in [0.15, 0.2) is 18.2 Å². The van der Waals surface area contributed by atoms with Crippen LogP contribution in [-0.4, -0.2) is 29.6 Å². The number of rotatable bonds is 6. The molecule has 0 aliphatic carbocycles. The van der Waals surface area contributed by atoms with Gasteiger partial charge in [-0.1, -0.05) is 18.5 Å². The zero-order valence-corrected chi connectivity index (χ0v) is 11.5. The van der Waals surface area contributed by atoms with Crippen molar-refractivity contribution >= 4 is 23.5 Å². The van der Waals surface area contributed by atoms with E-state index in [1.54, 1.807) is 0 Å². The number of aromatic carboxylic acids is 1. The van der Waals surface area contributed by atoms with E-state index in [4.69, 9.17) is 21.4 Å². The van der Waals surface area contributed by atoms with Crippen molar-refractivity contribution in [3.05, 3.63) is 28.8 Å². The third-order valence-corrected chi connectivity index (χ3v) is 2.79. The Balaban J connectivity index is 2.69. The van der Waals surface area contributed by atoms with Gasteiger partial charge in [0.05, 0.1) is 0 Å². The van der Waals surface area contributed by atoms with Gasteiger partial charge in [0.25, 0.3) is 5.91 Å². The van der Waals surface area contributed by atoms with Gasteiger partial charge in [0.15, 0.2) is 6.61 Å². The van der Waals surface area contributed by atoms with Gasteiger partial charge in [-0.3, -0.25) is 4.79 Å². The normalized spacial score (nSPS) is 11.7. The highest BCUT2D eigenvalue weighted by molar-refractivity contribution is 6.30. The largest absolute Gasteiger partial charge is 0.483 e. The maximum Gasteiger partial charge on any atom is 0.339 e. The summed E-state index contributed by atoms with van der Waals surface area (Å²) < 4.78 is 5.21. The Bertz CT molecular complexity index is 476. The highest BCUT2D eigenvalue weighted by Gasteiger charge is 2.13. The number of carbonyl (C=O) groups excluding carboxylic acids is 1. The molecule has 1 rings (SSSR count). The van der Waals surface area contributed by atoms with Crippen molar-refractivity contribution in [1.29, 1.82) is 0 Å². The second kappa shape index (κ2) is 6.99. The van der Waals surface area contributed by atoms with Gasteiger partial charge in [-0.15, -0.1) is 0 Å². The molecule has 0 aliphatic rings. The van der Waals surface area contributed by atoms with E-state index in [1.807, 2.05) is 13.8 Å². The Morgan fingerprint density at radius 3 is 2.74 bits per heavy atom. The number of benzene rings is 1. The Kier molecular flexibility index (Phi) is 5.63. The summed E-state index contributed by atoms with van der Waals surface area (Å²) in [5.41, 5.74) is -0.0271. The van der Waals surface area contributed by atoms with Crippen molar-refractivity contribution in [2.75, 3.05) is 6.61 Å². The minimum Gasteiger partial charge on any atom is -0.483 e. The molecule has 0 heterocycles. The zero-order chi connectivity index (χ0) is 14.4. The molecule has 1 aromatic carbocycles. The van der Waals surface area contributed by atoms with Crippen LogP contribution >= 0.6 is 11.6 Å². The minimum absolute atomic E-state index is 0.0271. The molecule has 0 spiro atoms. The lowest BCUT2D eigenvalue weighted by Crippen LogP contribution is -2.35. The fourth-order valence-corrected chi connectivity index (χ4v) is 1.52. The molecule has 19 heavy (non-hydrogen) atoms. The van der Waals surface area contributed by atoms with Crippen molar-refractivity contribution in [1.82, 2.24) is 5.32 Å². The van der Waals surface area contributed by atoms with Gasteiger partial charge in [-0.2, -0.15) is 0 Å². The van der Waals surface area contributed by atoms with Crippen LogP contribution in [0.5, 0.6) is 5.75 Å². The molecule has 0 bridgehead atoms. The molecule has 0 fully saturated rings. The predicted molar refractivity (Wildman–Crippen MR) is 71.8 cm³/mol. The van der Waals surface area contributed by atoms with Crippen LogP contribution in [-0.2, 0) is 4.79 Å². The van der Waals surface area contributed by atoms with Crippen LogP contribution in [0.2, 0.25) is 5.02 Å². The molecule has 104 valence electrons. The van der Waals surface area contributed by atoms with Crippen molar-refractivity contribution in [2.45, 2.75) is 26.3 Å². The van der Waals surface area contributed by atoms with Gasteiger partial charge in [-0.25, -0.2) is 4.79 Å². The highest BCUT2D eigenvalue weighted by atomic mass is 35.5. The van der Waals surface area contributed by atoms with Gasteiger partial charge in [0.1, 0.15) is 11.3 Å². The van der Waals surface area contributed by atoms with E-state index in [0.29, 0.717) is 5.02 Å². The standard InChI is InChI=1S/C13H16ClNO4/c1-3-8(2)15-12(16)7-19-11-6-9(14)4-5-10(11)13(17)18/h4-6,8H,3,7H2,1-2H3,(H,15,16)(H,17,18)/t8-/m1/s1. The first kappa shape index (κ1) is 15.3. The molecule has 0 aromatic heterocycles. The average Bonchev–Trinajstić information content (AvgIpc) is 2.35. The number of ether oxygens (including phenoxy) is 1. The topological polar surface area (TPSA) is 75.6 Å². The molecule has 0 aliphatic heterocycles. The number of halogens is 1. The van der Waals surface area contributed by atoms with Crippen molar-refractivity contribution in [3.63, 3.8) is 0 Å². The summed E-state index contributed by atoms with van der Waals surface area (Å²) in [6.45, 7) is 3.58. The summed E-state index contributed by atoms with van der Waals surface area (Å²) in [5.74, 6) is -1.35. The second-order valence-electron chi connectivity index (χ2n) is 4.11. The van der Waals surface area contributed by atoms with Crippen molar-refractivity contribution < 1.29 is 19.4 Å². The SMILES string of the molecule is CC[C@@H](C)NC(=O)COc1cc(Cl)ccc1C(=O)O. The van der Waals surface area contributed by atoms with Crippen LogP contribution in [0.4, 0.5) is 0 Å². The number of carboxylic acids is 1. The zero-order valence-electron chi connectivity index (χ0n) is 10.8. The molecule has 0 saturated heterocycles. The van der Waals surface area contributed by atoms with Crippen LogP contribution in [0.1, 0.15) is 30.6 Å². The number of hydrogen-bond acceptors (Lipinski definition) is 3. The number of carboxylic acid groups (broad SMARTS) is 1. The third kappa shape index (κ3) is 4.79. The van der Waals surface area contributed by atoms with E-state index in [9.17, 15) is 9.59 Å². The fourth-order valence-electron chi connectivity index (χ4n) is 1.35. The lowest BCUT2D eigenvalue weighted by molar-refractivity contribution is -0.123. The maximum absolute atomic E-state index is 11.5. The van der Waals surface area contributed by atoms with Crippen LogP contribution in [0.25, 0.3) is 0 Å². The first-order chi connectivity index (χ1) is 8.93. The molecule has 0 saturated carbocycles. The molecule has 6 heteroatoms. The van der Waals surface area contributed by atoms with Gasteiger partial charge in [0.2, 0.25) is 0 Å². The highest BCUT2D eigenvalue weighted by Crippen LogP contribution is 2.23. The summed E-state index contributed by atoms with van der Waals surface area (Å²) in [7, 11) is 0. The van der Waals surface area contributed by atoms with E-state index < -0.39 is 5.97 Å². The minimum atomic E-state index is -1.13. The molecule has 0 unspecified atom stereocenters. The Hall–Kier alpha value is -1.75. The van der Waals surface area contributed by atoms with Crippen LogP contribution in [0, 0.1) is 0 Å². The summed E-state index contributed by atoms with van der Waals surface area (Å²) >= 11 is 5.77. The maximum atomic E-state index is 11.5. The predicted octanol–water partition coefficient (Wildman–Crippen LogP) is 2.33. The molecular formula is C13H16ClNO4. The Labute approximate surface area is 116 Å².